The number of hydrogen-bond acceptors (Lipinski definition) is 5. The normalized spacial score (nSPS) is 15.7. The number of ether oxygens (including phenoxy) is 2. The minimum Gasteiger partial charge on any atom is -0.493 e. The summed E-state index contributed by atoms with van der Waals surface area (Å²) in [5, 5.41) is 4.15. The first kappa shape index (κ1) is 23.9. The van der Waals surface area contributed by atoms with E-state index in [1.54, 1.807) is 31.4 Å². The van der Waals surface area contributed by atoms with Crippen LogP contribution in [0.25, 0.3) is 6.08 Å². The predicted molar refractivity (Wildman–Crippen MR) is 144 cm³/mol. The van der Waals surface area contributed by atoms with Gasteiger partial charge in [0.1, 0.15) is 6.61 Å². The average molecular weight is 611 g/mol. The number of benzene rings is 3. The Morgan fingerprint density at radius 1 is 1.12 bits per heavy atom. The van der Waals surface area contributed by atoms with Crippen LogP contribution >= 0.6 is 57.6 Å². The molecule has 0 aliphatic carbocycles. The minimum atomic E-state index is -0.240. The number of amidine groups is 1. The summed E-state index contributed by atoms with van der Waals surface area (Å²) in [6.07, 6.45) is 1.79. The van der Waals surface area contributed by atoms with Crippen molar-refractivity contribution in [1.29, 1.82) is 0 Å². The van der Waals surface area contributed by atoms with E-state index in [9.17, 15) is 4.79 Å². The number of carbonyl (C=O) groups excluding carboxylic acids is 1. The lowest BCUT2D eigenvalue weighted by Gasteiger charge is -2.14. The van der Waals surface area contributed by atoms with Crippen molar-refractivity contribution in [3.8, 4) is 11.5 Å². The second-order valence-electron chi connectivity index (χ2n) is 6.89. The molecule has 1 amide bonds. The number of halogens is 3. The number of methoxy groups -OCH3 is 1. The van der Waals surface area contributed by atoms with Crippen LogP contribution in [-0.4, -0.2) is 18.2 Å². The Balaban J connectivity index is 1.56. The van der Waals surface area contributed by atoms with Gasteiger partial charge in [-0.05, 0) is 81.9 Å². The number of nitrogens with zero attached hydrogens (tertiary/aromatic N) is 1. The smallest absolute Gasteiger partial charge is 0.264 e. The van der Waals surface area contributed by atoms with Gasteiger partial charge >= 0.3 is 0 Å². The van der Waals surface area contributed by atoms with E-state index in [4.69, 9.17) is 32.7 Å². The highest BCUT2D eigenvalue weighted by Gasteiger charge is 2.24. The lowest BCUT2D eigenvalue weighted by molar-refractivity contribution is -0.115. The summed E-state index contributed by atoms with van der Waals surface area (Å²) in [5.74, 6) is 1.01. The van der Waals surface area contributed by atoms with Gasteiger partial charge in [-0.15, -0.1) is 0 Å². The molecule has 0 atom stereocenters. The third kappa shape index (κ3) is 6.03. The number of carbonyl (C=O) groups is 1. The van der Waals surface area contributed by atoms with E-state index in [0.29, 0.717) is 43.9 Å². The molecule has 1 N–H and O–H groups in total. The predicted octanol–water partition coefficient (Wildman–Crippen LogP) is 7.08. The van der Waals surface area contributed by atoms with Crippen LogP contribution in [0.3, 0.4) is 0 Å². The first-order valence-corrected chi connectivity index (χ1v) is 12.4. The highest BCUT2D eigenvalue weighted by Crippen LogP contribution is 2.37. The molecule has 5 nitrogen and oxygen atoms in total. The summed E-state index contributed by atoms with van der Waals surface area (Å²) in [6, 6.07) is 18.7. The van der Waals surface area contributed by atoms with Crippen LogP contribution in [0, 0.1) is 3.57 Å². The number of amides is 1. The molecule has 168 valence electrons. The van der Waals surface area contributed by atoms with Crippen LogP contribution in [0.5, 0.6) is 11.5 Å². The molecule has 0 saturated carbocycles. The molecule has 3 aromatic rings. The Labute approximate surface area is 219 Å². The number of nitrogens with one attached hydrogen (secondary N) is 1. The summed E-state index contributed by atoms with van der Waals surface area (Å²) in [4.78, 5) is 17.4. The zero-order chi connectivity index (χ0) is 23.4. The first-order valence-electron chi connectivity index (χ1n) is 9.72. The van der Waals surface area contributed by atoms with Gasteiger partial charge in [0.25, 0.3) is 5.91 Å². The Kier molecular flexibility index (Phi) is 7.85. The monoisotopic (exact) mass is 610 g/mol. The molecule has 1 fully saturated rings. The van der Waals surface area contributed by atoms with E-state index in [0.717, 1.165) is 14.7 Å². The molecule has 1 aliphatic heterocycles. The fourth-order valence-corrected chi connectivity index (χ4v) is 4.95. The topological polar surface area (TPSA) is 59.9 Å². The van der Waals surface area contributed by atoms with Crippen LogP contribution in [0.4, 0.5) is 5.69 Å². The van der Waals surface area contributed by atoms with Crippen LogP contribution in [0.2, 0.25) is 10.0 Å². The molecule has 3 aromatic carbocycles. The summed E-state index contributed by atoms with van der Waals surface area (Å²) >= 11 is 15.6. The fraction of sp³-hybridized carbons (Fsp3) is 0.0833. The summed E-state index contributed by atoms with van der Waals surface area (Å²) in [7, 11) is 1.59. The second kappa shape index (κ2) is 10.8. The molecule has 0 bridgehead atoms. The Hall–Kier alpha value is -2.20. The van der Waals surface area contributed by atoms with E-state index < -0.39 is 0 Å². The number of rotatable bonds is 6. The van der Waals surface area contributed by atoms with E-state index in [1.165, 1.54) is 11.8 Å². The van der Waals surface area contributed by atoms with E-state index in [2.05, 4.69) is 32.9 Å². The third-order valence-electron chi connectivity index (χ3n) is 4.56. The SMILES string of the molecule is COc1cc(/C=C2/SC(=Nc3cc(Cl)ccc3Cl)NC2=O)cc(I)c1OCc1ccccc1. The zero-order valence-electron chi connectivity index (χ0n) is 17.3. The Morgan fingerprint density at radius 3 is 2.67 bits per heavy atom. The van der Waals surface area contributed by atoms with Crippen molar-refractivity contribution in [3.05, 3.63) is 90.3 Å². The maximum Gasteiger partial charge on any atom is 0.264 e. The van der Waals surface area contributed by atoms with Crippen molar-refractivity contribution in [2.45, 2.75) is 6.61 Å². The molecular weight excluding hydrogens is 594 g/mol. The van der Waals surface area contributed by atoms with Gasteiger partial charge in [0.15, 0.2) is 16.7 Å². The first-order chi connectivity index (χ1) is 15.9. The highest BCUT2D eigenvalue weighted by molar-refractivity contribution is 14.1. The second-order valence-corrected chi connectivity index (χ2v) is 9.92. The van der Waals surface area contributed by atoms with Gasteiger partial charge in [0.2, 0.25) is 0 Å². The lowest BCUT2D eigenvalue weighted by Crippen LogP contribution is -2.19. The highest BCUT2D eigenvalue weighted by atomic mass is 127. The largest absolute Gasteiger partial charge is 0.493 e. The van der Waals surface area contributed by atoms with Crippen molar-refractivity contribution in [3.63, 3.8) is 0 Å². The van der Waals surface area contributed by atoms with E-state index in [1.807, 2.05) is 42.5 Å². The molecule has 0 aromatic heterocycles. The van der Waals surface area contributed by atoms with Gasteiger partial charge in [0, 0.05) is 5.02 Å². The van der Waals surface area contributed by atoms with Crippen LogP contribution < -0.4 is 14.8 Å². The van der Waals surface area contributed by atoms with E-state index in [-0.39, 0.29) is 5.91 Å². The molecular formula is C24H17Cl2IN2O3S. The lowest BCUT2D eigenvalue weighted by atomic mass is 10.2. The Morgan fingerprint density at radius 2 is 1.91 bits per heavy atom. The van der Waals surface area contributed by atoms with Gasteiger partial charge in [-0.25, -0.2) is 4.99 Å². The van der Waals surface area contributed by atoms with Crippen LogP contribution in [0.15, 0.2) is 70.6 Å². The molecule has 0 radical (unpaired) electrons. The van der Waals surface area contributed by atoms with E-state index >= 15 is 0 Å². The average Bonchev–Trinajstić information content (AvgIpc) is 3.14. The molecule has 1 heterocycles. The molecule has 4 rings (SSSR count). The van der Waals surface area contributed by atoms with Gasteiger partial charge in [-0.1, -0.05) is 53.5 Å². The quantitative estimate of drug-likeness (QED) is 0.239. The maximum atomic E-state index is 12.5. The van der Waals surface area contributed by atoms with Crippen molar-refractivity contribution >= 4 is 80.4 Å². The van der Waals surface area contributed by atoms with Gasteiger partial charge in [-0.2, -0.15) is 0 Å². The fourth-order valence-electron chi connectivity index (χ4n) is 3.01. The van der Waals surface area contributed by atoms with Crippen LogP contribution in [-0.2, 0) is 11.4 Å². The van der Waals surface area contributed by atoms with Crippen molar-refractivity contribution in [2.75, 3.05) is 7.11 Å². The van der Waals surface area contributed by atoms with Gasteiger partial charge in [0.05, 0.1) is 26.3 Å². The molecule has 9 heteroatoms. The maximum absolute atomic E-state index is 12.5. The standard InChI is InChI=1S/C24H17Cl2IN2O3S/c1-31-20-10-15(9-18(27)22(20)32-13-14-5-3-2-4-6-14)11-21-23(30)29-24(33-21)28-19-12-16(25)7-8-17(19)26/h2-12H,13H2,1H3,(H,28,29,30)/b21-11+. The number of thioether (sulfide) groups is 1. The molecule has 1 saturated heterocycles. The molecule has 1 aliphatic rings. The minimum absolute atomic E-state index is 0.240. The summed E-state index contributed by atoms with van der Waals surface area (Å²) in [5.41, 5.74) is 2.36. The van der Waals surface area contributed by atoms with Gasteiger partial charge < -0.3 is 14.8 Å². The van der Waals surface area contributed by atoms with Crippen LogP contribution in [0.1, 0.15) is 11.1 Å². The third-order valence-corrected chi connectivity index (χ3v) is 6.82. The van der Waals surface area contributed by atoms with Crippen molar-refractivity contribution < 1.29 is 14.3 Å². The number of aliphatic imine (C=N–C) groups is 1. The van der Waals surface area contributed by atoms with Crippen molar-refractivity contribution in [2.24, 2.45) is 4.99 Å². The zero-order valence-corrected chi connectivity index (χ0v) is 21.8. The molecule has 0 unspecified atom stereocenters. The summed E-state index contributed by atoms with van der Waals surface area (Å²) in [6.45, 7) is 0.428. The van der Waals surface area contributed by atoms with Gasteiger partial charge in [-0.3, -0.25) is 4.79 Å². The summed E-state index contributed by atoms with van der Waals surface area (Å²) < 4.78 is 12.4. The van der Waals surface area contributed by atoms with Crippen molar-refractivity contribution in [1.82, 2.24) is 5.32 Å². The number of hydrogen-bond donors (Lipinski definition) is 1. The molecule has 0 spiro atoms. The molecule has 33 heavy (non-hydrogen) atoms. The Bertz CT molecular complexity index is 1270.